The number of carbonyl (C=O) groups excluding carboxylic acids is 2. The van der Waals surface area contributed by atoms with Crippen LogP contribution in [0, 0.1) is 0 Å². The molecule has 0 radical (unpaired) electrons. The summed E-state index contributed by atoms with van der Waals surface area (Å²) in [5.41, 5.74) is 1.50. The first kappa shape index (κ1) is 16.5. The van der Waals surface area contributed by atoms with E-state index in [1.165, 1.54) is 6.92 Å². The average Bonchev–Trinajstić information content (AvgIpc) is 3.30. The molecular weight excluding hydrogens is 322 g/mol. The summed E-state index contributed by atoms with van der Waals surface area (Å²) in [5.74, 6) is 0.906. The molecule has 0 unspecified atom stereocenters. The van der Waals surface area contributed by atoms with Gasteiger partial charge in [-0.15, -0.1) is 0 Å². The van der Waals surface area contributed by atoms with E-state index in [-0.39, 0.29) is 24.0 Å². The molecule has 0 saturated heterocycles. The molecule has 2 heterocycles. The molecule has 0 fully saturated rings. The zero-order chi connectivity index (χ0) is 17.6. The van der Waals surface area contributed by atoms with Gasteiger partial charge in [0.2, 0.25) is 0 Å². The molecule has 0 atom stereocenters. The van der Waals surface area contributed by atoms with Crippen molar-refractivity contribution in [1.29, 1.82) is 0 Å². The second-order valence-electron chi connectivity index (χ2n) is 5.41. The molecule has 2 N–H and O–H groups in total. The largest absolute Gasteiger partial charge is 0.487 e. The number of aromatic amines is 1. The lowest BCUT2D eigenvalue weighted by Crippen LogP contribution is -2.22. The maximum Gasteiger partial charge on any atom is 0.272 e. The van der Waals surface area contributed by atoms with Crippen molar-refractivity contribution < 1.29 is 18.7 Å². The maximum atomic E-state index is 12.0. The normalized spacial score (nSPS) is 10.4. The lowest BCUT2D eigenvalue weighted by Gasteiger charge is -2.05. The quantitative estimate of drug-likeness (QED) is 0.645. The summed E-state index contributed by atoms with van der Waals surface area (Å²) < 4.78 is 10.8. The van der Waals surface area contributed by atoms with Crippen molar-refractivity contribution in [2.45, 2.75) is 20.1 Å². The summed E-state index contributed by atoms with van der Waals surface area (Å²) in [7, 11) is 0. The molecule has 3 aromatic rings. The Labute approximate surface area is 144 Å². The molecule has 2 aromatic heterocycles. The number of amides is 1. The van der Waals surface area contributed by atoms with Gasteiger partial charge in [0.05, 0.1) is 18.5 Å². The molecule has 3 rings (SSSR count). The second kappa shape index (κ2) is 7.48. The number of H-pyrrole nitrogens is 1. The van der Waals surface area contributed by atoms with Crippen LogP contribution in [-0.4, -0.2) is 21.9 Å². The van der Waals surface area contributed by atoms with E-state index in [1.807, 2.05) is 0 Å². The van der Waals surface area contributed by atoms with Crippen LogP contribution in [0.2, 0.25) is 0 Å². The SMILES string of the molecule is CC(=O)c1cccc(OCc2cc(C(=O)NCc3ccco3)n[nH]2)c1. The number of furan rings is 1. The minimum absolute atomic E-state index is 0.0255. The first-order valence-corrected chi connectivity index (χ1v) is 7.70. The number of nitrogens with one attached hydrogen (secondary N) is 2. The number of nitrogens with zero attached hydrogens (tertiary/aromatic N) is 1. The van der Waals surface area contributed by atoms with Gasteiger partial charge in [-0.05, 0) is 37.3 Å². The molecule has 7 heteroatoms. The van der Waals surface area contributed by atoms with Crippen LogP contribution in [0.25, 0.3) is 0 Å². The molecule has 0 spiro atoms. The Balaban J connectivity index is 1.55. The molecule has 0 saturated carbocycles. The highest BCUT2D eigenvalue weighted by atomic mass is 16.5. The number of ketones is 1. The van der Waals surface area contributed by atoms with Gasteiger partial charge in [-0.1, -0.05) is 12.1 Å². The number of rotatable bonds is 7. The minimum atomic E-state index is -0.308. The zero-order valence-corrected chi connectivity index (χ0v) is 13.6. The Kier molecular flexibility index (Phi) is 4.94. The molecule has 0 bridgehead atoms. The van der Waals surface area contributed by atoms with E-state index < -0.39 is 0 Å². The molecule has 1 amide bonds. The van der Waals surface area contributed by atoms with E-state index in [9.17, 15) is 9.59 Å². The lowest BCUT2D eigenvalue weighted by atomic mass is 10.1. The number of Topliss-reactive ketones (excluding diaryl/α,β-unsaturated/α-hetero) is 1. The van der Waals surface area contributed by atoms with Crippen LogP contribution in [0.4, 0.5) is 0 Å². The molecule has 0 aliphatic carbocycles. The lowest BCUT2D eigenvalue weighted by molar-refractivity contribution is 0.0942. The van der Waals surface area contributed by atoms with Gasteiger partial charge in [-0.25, -0.2) is 0 Å². The van der Waals surface area contributed by atoms with E-state index in [0.717, 1.165) is 0 Å². The highest BCUT2D eigenvalue weighted by Crippen LogP contribution is 2.15. The van der Waals surface area contributed by atoms with E-state index in [2.05, 4.69) is 15.5 Å². The van der Waals surface area contributed by atoms with Crippen LogP contribution in [0.3, 0.4) is 0 Å². The highest BCUT2D eigenvalue weighted by Gasteiger charge is 2.11. The molecule has 0 aliphatic rings. The van der Waals surface area contributed by atoms with Crippen molar-refractivity contribution in [2.75, 3.05) is 0 Å². The van der Waals surface area contributed by atoms with E-state index >= 15 is 0 Å². The molecule has 25 heavy (non-hydrogen) atoms. The smallest absolute Gasteiger partial charge is 0.272 e. The van der Waals surface area contributed by atoms with Gasteiger partial charge in [0, 0.05) is 5.56 Å². The van der Waals surface area contributed by atoms with Gasteiger partial charge in [0.1, 0.15) is 23.8 Å². The van der Waals surface area contributed by atoms with Crippen LogP contribution in [-0.2, 0) is 13.2 Å². The van der Waals surface area contributed by atoms with Crippen molar-refractivity contribution >= 4 is 11.7 Å². The summed E-state index contributed by atoms with van der Waals surface area (Å²) in [6.07, 6.45) is 1.55. The fraction of sp³-hybridized carbons (Fsp3) is 0.167. The third kappa shape index (κ3) is 4.35. The highest BCUT2D eigenvalue weighted by molar-refractivity contribution is 5.94. The third-order valence-electron chi connectivity index (χ3n) is 3.50. The van der Waals surface area contributed by atoms with Gasteiger partial charge in [-0.2, -0.15) is 5.10 Å². The standard InChI is InChI=1S/C18H17N3O4/c1-12(22)13-4-2-5-15(8-13)25-11-14-9-17(21-20-14)18(23)19-10-16-6-3-7-24-16/h2-9H,10-11H2,1H3,(H,19,23)(H,20,21). The average molecular weight is 339 g/mol. The Bertz CT molecular complexity index is 868. The Morgan fingerprint density at radius 3 is 2.88 bits per heavy atom. The van der Waals surface area contributed by atoms with Gasteiger partial charge in [0.25, 0.3) is 5.91 Å². The number of hydrogen-bond acceptors (Lipinski definition) is 5. The number of hydrogen-bond donors (Lipinski definition) is 2. The van der Waals surface area contributed by atoms with Crippen molar-refractivity contribution in [2.24, 2.45) is 0 Å². The first-order chi connectivity index (χ1) is 12.1. The number of carbonyl (C=O) groups is 2. The summed E-state index contributed by atoms with van der Waals surface area (Å²) >= 11 is 0. The van der Waals surface area contributed by atoms with Crippen LogP contribution in [0.15, 0.2) is 53.1 Å². The van der Waals surface area contributed by atoms with Crippen LogP contribution >= 0.6 is 0 Å². The van der Waals surface area contributed by atoms with Crippen molar-refractivity contribution in [3.8, 4) is 5.75 Å². The fourth-order valence-electron chi connectivity index (χ4n) is 2.19. The summed E-state index contributed by atoms with van der Waals surface area (Å²) in [4.78, 5) is 23.4. The predicted octanol–water partition coefficient (Wildman–Crippen LogP) is 2.71. The predicted molar refractivity (Wildman–Crippen MR) is 89.2 cm³/mol. The minimum Gasteiger partial charge on any atom is -0.487 e. The Morgan fingerprint density at radius 1 is 1.24 bits per heavy atom. The fourth-order valence-corrected chi connectivity index (χ4v) is 2.19. The topological polar surface area (TPSA) is 97.2 Å². The third-order valence-corrected chi connectivity index (χ3v) is 3.50. The Hall–Kier alpha value is -3.35. The Morgan fingerprint density at radius 2 is 2.12 bits per heavy atom. The van der Waals surface area contributed by atoms with E-state index in [4.69, 9.17) is 9.15 Å². The van der Waals surface area contributed by atoms with Crippen LogP contribution < -0.4 is 10.1 Å². The second-order valence-corrected chi connectivity index (χ2v) is 5.41. The van der Waals surface area contributed by atoms with E-state index in [0.29, 0.717) is 29.3 Å². The molecule has 7 nitrogen and oxygen atoms in total. The molecule has 0 aliphatic heterocycles. The van der Waals surface area contributed by atoms with Gasteiger partial charge in [0.15, 0.2) is 5.78 Å². The summed E-state index contributed by atoms with van der Waals surface area (Å²) in [6, 6.07) is 12.1. The number of ether oxygens (including phenoxy) is 1. The summed E-state index contributed by atoms with van der Waals surface area (Å²) in [5, 5.41) is 9.45. The van der Waals surface area contributed by atoms with Crippen molar-refractivity contribution in [3.63, 3.8) is 0 Å². The zero-order valence-electron chi connectivity index (χ0n) is 13.6. The molecule has 128 valence electrons. The first-order valence-electron chi connectivity index (χ1n) is 7.70. The monoisotopic (exact) mass is 339 g/mol. The van der Waals surface area contributed by atoms with Crippen LogP contribution in [0.1, 0.15) is 39.2 Å². The van der Waals surface area contributed by atoms with Crippen molar-refractivity contribution in [1.82, 2.24) is 15.5 Å². The molecule has 1 aromatic carbocycles. The van der Waals surface area contributed by atoms with Crippen molar-refractivity contribution in [3.05, 3.63) is 71.4 Å². The number of benzene rings is 1. The maximum absolute atomic E-state index is 12.0. The van der Waals surface area contributed by atoms with Gasteiger partial charge >= 0.3 is 0 Å². The summed E-state index contributed by atoms with van der Waals surface area (Å²) in [6.45, 7) is 2.00. The molecular formula is C18H17N3O4. The van der Waals surface area contributed by atoms with Gasteiger partial charge in [-0.3, -0.25) is 14.7 Å². The van der Waals surface area contributed by atoms with Gasteiger partial charge < -0.3 is 14.5 Å². The number of aromatic nitrogens is 2. The van der Waals surface area contributed by atoms with Crippen LogP contribution in [0.5, 0.6) is 5.75 Å². The van der Waals surface area contributed by atoms with E-state index in [1.54, 1.807) is 48.7 Å².